The van der Waals surface area contributed by atoms with Crippen LogP contribution < -0.4 is 5.32 Å². The van der Waals surface area contributed by atoms with Crippen molar-refractivity contribution in [3.63, 3.8) is 0 Å². The van der Waals surface area contributed by atoms with Crippen LogP contribution >= 0.6 is 15.9 Å². The summed E-state index contributed by atoms with van der Waals surface area (Å²) in [6, 6.07) is 5.50. The molecular weight excluding hydrogens is 308 g/mol. The van der Waals surface area contributed by atoms with Crippen molar-refractivity contribution in [1.82, 2.24) is 0 Å². The molecule has 0 spiro atoms. The molecule has 18 heavy (non-hydrogen) atoms. The maximum absolute atomic E-state index is 13.5. The Labute approximate surface area is 111 Å². The molecule has 0 aliphatic carbocycles. The Kier molecular flexibility index (Phi) is 3.98. The van der Waals surface area contributed by atoms with Crippen LogP contribution in [0.5, 0.6) is 0 Å². The molecule has 0 aliphatic rings. The van der Waals surface area contributed by atoms with Gasteiger partial charge in [0.15, 0.2) is 0 Å². The highest BCUT2D eigenvalue weighted by Crippen LogP contribution is 2.24. The summed E-state index contributed by atoms with van der Waals surface area (Å²) in [6.45, 7) is -0.0526. The molecule has 96 valence electrons. The lowest BCUT2D eigenvalue weighted by molar-refractivity contribution is 0.162. The van der Waals surface area contributed by atoms with Crippen LogP contribution in [-0.2, 0) is 0 Å². The SMILES string of the molecule is OC(CNc1c(F)cc(Br)cc1F)c1ccco1. The molecule has 0 radical (unpaired) electrons. The van der Waals surface area contributed by atoms with Crippen molar-refractivity contribution in [2.45, 2.75) is 6.10 Å². The summed E-state index contributed by atoms with van der Waals surface area (Å²) in [5.41, 5.74) is -0.274. The molecular formula is C12H10BrF2NO2. The second kappa shape index (κ2) is 5.49. The second-order valence-corrected chi connectivity index (χ2v) is 4.57. The number of benzene rings is 1. The van der Waals surface area contributed by atoms with E-state index < -0.39 is 17.7 Å². The highest BCUT2D eigenvalue weighted by atomic mass is 79.9. The number of hydrogen-bond acceptors (Lipinski definition) is 3. The number of anilines is 1. The van der Waals surface area contributed by atoms with Crippen LogP contribution in [0.1, 0.15) is 11.9 Å². The maximum Gasteiger partial charge on any atom is 0.150 e. The number of nitrogens with one attached hydrogen (secondary N) is 1. The average molecular weight is 318 g/mol. The highest BCUT2D eigenvalue weighted by Gasteiger charge is 2.14. The van der Waals surface area contributed by atoms with Gasteiger partial charge in [-0.05, 0) is 24.3 Å². The summed E-state index contributed by atoms with van der Waals surface area (Å²) in [5.74, 6) is -1.12. The van der Waals surface area contributed by atoms with Gasteiger partial charge < -0.3 is 14.8 Å². The fourth-order valence-electron chi connectivity index (χ4n) is 1.49. The summed E-state index contributed by atoms with van der Waals surface area (Å²) >= 11 is 2.99. The van der Waals surface area contributed by atoms with Crippen LogP contribution in [0.15, 0.2) is 39.4 Å². The van der Waals surface area contributed by atoms with E-state index in [9.17, 15) is 13.9 Å². The van der Waals surface area contributed by atoms with Gasteiger partial charge in [0.05, 0.1) is 6.26 Å². The molecule has 1 aromatic heterocycles. The van der Waals surface area contributed by atoms with Crippen molar-refractivity contribution in [1.29, 1.82) is 0 Å². The van der Waals surface area contributed by atoms with Crippen LogP contribution in [0.3, 0.4) is 0 Å². The van der Waals surface area contributed by atoms with Crippen LogP contribution in [0, 0.1) is 11.6 Å². The lowest BCUT2D eigenvalue weighted by Crippen LogP contribution is -2.13. The zero-order valence-corrected chi connectivity index (χ0v) is 10.7. The minimum atomic E-state index is -0.970. The van der Waals surface area contributed by atoms with Crippen LogP contribution in [0.25, 0.3) is 0 Å². The third kappa shape index (κ3) is 2.88. The van der Waals surface area contributed by atoms with E-state index >= 15 is 0 Å². The molecule has 0 aliphatic heterocycles. The minimum absolute atomic E-state index is 0.0526. The maximum atomic E-state index is 13.5. The average Bonchev–Trinajstić information content (AvgIpc) is 2.80. The summed E-state index contributed by atoms with van der Waals surface area (Å²) in [6.07, 6.45) is 0.446. The highest BCUT2D eigenvalue weighted by molar-refractivity contribution is 9.10. The number of rotatable bonds is 4. The Bertz CT molecular complexity index is 508. The molecule has 2 N–H and O–H groups in total. The van der Waals surface area contributed by atoms with Crippen molar-refractivity contribution in [3.05, 3.63) is 52.4 Å². The Hall–Kier alpha value is -1.40. The molecule has 6 heteroatoms. The standard InChI is InChI=1S/C12H10BrF2NO2/c13-7-4-8(14)12(9(15)5-7)16-6-10(17)11-2-1-3-18-11/h1-5,10,16-17H,6H2. The fraction of sp³-hybridized carbons (Fsp3) is 0.167. The number of hydrogen-bond donors (Lipinski definition) is 2. The summed E-state index contributed by atoms with van der Waals surface area (Å²) < 4.78 is 32.2. The Morgan fingerprint density at radius 2 is 2.00 bits per heavy atom. The first-order valence-electron chi connectivity index (χ1n) is 5.18. The van der Waals surface area contributed by atoms with Gasteiger partial charge in [-0.25, -0.2) is 8.78 Å². The third-order valence-corrected chi connectivity index (χ3v) is 2.81. The van der Waals surface area contributed by atoms with Crippen molar-refractivity contribution >= 4 is 21.6 Å². The number of aliphatic hydroxyl groups excluding tert-OH is 1. The van der Waals surface area contributed by atoms with Gasteiger partial charge in [0, 0.05) is 11.0 Å². The molecule has 0 fully saturated rings. The molecule has 1 heterocycles. The number of furan rings is 1. The van der Waals surface area contributed by atoms with Crippen molar-refractivity contribution < 1.29 is 18.3 Å². The second-order valence-electron chi connectivity index (χ2n) is 3.66. The predicted octanol–water partition coefficient (Wildman–Crippen LogP) is 3.47. The van der Waals surface area contributed by atoms with Gasteiger partial charge >= 0.3 is 0 Å². The van der Waals surface area contributed by atoms with Gasteiger partial charge in [0.2, 0.25) is 0 Å². The molecule has 0 saturated carbocycles. The van der Waals surface area contributed by atoms with Crippen molar-refractivity contribution in [2.75, 3.05) is 11.9 Å². The van der Waals surface area contributed by atoms with Crippen LogP contribution in [-0.4, -0.2) is 11.7 Å². The molecule has 0 amide bonds. The third-order valence-electron chi connectivity index (χ3n) is 2.35. The predicted molar refractivity (Wildman–Crippen MR) is 66.2 cm³/mol. The van der Waals surface area contributed by atoms with E-state index in [0.717, 1.165) is 12.1 Å². The van der Waals surface area contributed by atoms with E-state index in [2.05, 4.69) is 21.2 Å². The monoisotopic (exact) mass is 317 g/mol. The lowest BCUT2D eigenvalue weighted by Gasteiger charge is -2.12. The van der Waals surface area contributed by atoms with Gasteiger partial charge in [-0.3, -0.25) is 0 Å². The minimum Gasteiger partial charge on any atom is -0.467 e. The molecule has 2 rings (SSSR count). The van der Waals surface area contributed by atoms with Gasteiger partial charge in [-0.2, -0.15) is 0 Å². The Morgan fingerprint density at radius 3 is 2.56 bits per heavy atom. The molecule has 2 aromatic rings. The first kappa shape index (κ1) is 13.0. The first-order chi connectivity index (χ1) is 8.58. The Balaban J connectivity index is 2.07. The Morgan fingerprint density at radius 1 is 1.33 bits per heavy atom. The van der Waals surface area contributed by atoms with E-state index in [1.165, 1.54) is 6.26 Å². The quantitative estimate of drug-likeness (QED) is 0.907. The molecule has 1 aromatic carbocycles. The van der Waals surface area contributed by atoms with Crippen LogP contribution in [0.4, 0.5) is 14.5 Å². The number of aliphatic hydroxyl groups is 1. The first-order valence-corrected chi connectivity index (χ1v) is 5.97. The van der Waals surface area contributed by atoms with E-state index in [1.807, 2.05) is 0 Å². The largest absolute Gasteiger partial charge is 0.467 e. The van der Waals surface area contributed by atoms with Gasteiger partial charge in [-0.15, -0.1) is 0 Å². The van der Waals surface area contributed by atoms with Crippen molar-refractivity contribution in [2.24, 2.45) is 0 Å². The molecule has 0 bridgehead atoms. The van der Waals surface area contributed by atoms with E-state index in [-0.39, 0.29) is 12.2 Å². The van der Waals surface area contributed by atoms with Gasteiger partial charge in [0.1, 0.15) is 29.2 Å². The summed E-state index contributed by atoms with van der Waals surface area (Å²) in [7, 11) is 0. The zero-order valence-electron chi connectivity index (χ0n) is 9.16. The molecule has 1 unspecified atom stereocenters. The topological polar surface area (TPSA) is 45.4 Å². The zero-order chi connectivity index (χ0) is 13.1. The van der Waals surface area contributed by atoms with E-state index in [4.69, 9.17) is 4.42 Å². The lowest BCUT2D eigenvalue weighted by atomic mass is 10.2. The van der Waals surface area contributed by atoms with Crippen LogP contribution in [0.2, 0.25) is 0 Å². The number of halogens is 3. The summed E-state index contributed by atoms with van der Waals surface area (Å²) in [4.78, 5) is 0. The normalized spacial score (nSPS) is 12.4. The smallest absolute Gasteiger partial charge is 0.150 e. The molecule has 1 atom stereocenters. The summed E-state index contributed by atoms with van der Waals surface area (Å²) in [5, 5.41) is 12.2. The molecule has 3 nitrogen and oxygen atoms in total. The van der Waals surface area contributed by atoms with E-state index in [0.29, 0.717) is 10.2 Å². The van der Waals surface area contributed by atoms with E-state index in [1.54, 1.807) is 12.1 Å². The molecule has 0 saturated heterocycles. The van der Waals surface area contributed by atoms with Gasteiger partial charge in [0.25, 0.3) is 0 Å². The fourth-order valence-corrected chi connectivity index (χ4v) is 1.89. The van der Waals surface area contributed by atoms with Gasteiger partial charge in [-0.1, -0.05) is 15.9 Å². The van der Waals surface area contributed by atoms with Crippen molar-refractivity contribution in [3.8, 4) is 0 Å².